The maximum Gasteiger partial charge on any atom is 0.336 e. The number of fused-ring (bicyclic) bond motifs is 1. The lowest BCUT2D eigenvalue weighted by atomic mass is 9.99. The lowest BCUT2D eigenvalue weighted by molar-refractivity contribution is 0.177. The lowest BCUT2D eigenvalue weighted by Crippen LogP contribution is -2.34. The second-order valence-corrected chi connectivity index (χ2v) is 6.16. The predicted molar refractivity (Wildman–Crippen MR) is 82.6 cm³/mol. The van der Waals surface area contributed by atoms with Crippen LogP contribution < -0.4 is 5.63 Å². The van der Waals surface area contributed by atoms with Crippen LogP contribution in [0.4, 0.5) is 0 Å². The molecule has 1 saturated heterocycles. The average molecular weight is 287 g/mol. The molecule has 1 aromatic carbocycles. The Bertz CT molecular complexity index is 720. The summed E-state index contributed by atoms with van der Waals surface area (Å²) in [5.41, 5.74) is 1.76. The third-order valence-corrected chi connectivity index (χ3v) is 4.35. The number of hydrogen-bond acceptors (Lipinski definition) is 4. The molecule has 0 bridgehead atoms. The van der Waals surface area contributed by atoms with Gasteiger partial charge in [0.25, 0.3) is 0 Å². The van der Waals surface area contributed by atoms with E-state index in [4.69, 9.17) is 4.42 Å². The Morgan fingerprint density at radius 3 is 3.00 bits per heavy atom. The first-order chi connectivity index (χ1) is 10.0. The minimum absolute atomic E-state index is 0.161. The topological polar surface area (TPSA) is 53.7 Å². The highest BCUT2D eigenvalue weighted by Crippen LogP contribution is 2.28. The molecule has 112 valence electrons. The summed E-state index contributed by atoms with van der Waals surface area (Å²) in [5, 5.41) is 10.7. The fourth-order valence-electron chi connectivity index (χ4n) is 3.22. The van der Waals surface area contributed by atoms with Crippen molar-refractivity contribution in [2.75, 3.05) is 13.1 Å². The molecule has 0 aliphatic carbocycles. The number of rotatable bonds is 2. The highest BCUT2D eigenvalue weighted by atomic mass is 16.4. The molecule has 4 nitrogen and oxygen atoms in total. The second kappa shape index (κ2) is 5.53. The van der Waals surface area contributed by atoms with Crippen LogP contribution in [0.15, 0.2) is 27.4 Å². The highest BCUT2D eigenvalue weighted by Gasteiger charge is 2.18. The minimum Gasteiger partial charge on any atom is -0.508 e. The molecule has 0 amide bonds. The number of benzene rings is 1. The van der Waals surface area contributed by atoms with Gasteiger partial charge in [0.05, 0.1) is 0 Å². The van der Waals surface area contributed by atoms with Crippen LogP contribution in [0, 0.1) is 12.8 Å². The van der Waals surface area contributed by atoms with E-state index in [0.29, 0.717) is 17.1 Å². The average Bonchev–Trinajstić information content (AvgIpc) is 2.43. The summed E-state index contributed by atoms with van der Waals surface area (Å²) in [6.45, 7) is 6.94. The van der Waals surface area contributed by atoms with Crippen molar-refractivity contribution in [2.45, 2.75) is 33.2 Å². The van der Waals surface area contributed by atoms with Crippen LogP contribution in [0.3, 0.4) is 0 Å². The molecule has 21 heavy (non-hydrogen) atoms. The SMILES string of the molecule is Cc1c(O)ccc2c(CN3CCC[C@H](C)C3)cc(=O)oc12. The van der Waals surface area contributed by atoms with Crippen LogP contribution in [0.1, 0.15) is 30.9 Å². The molecule has 2 heterocycles. The summed E-state index contributed by atoms with van der Waals surface area (Å²) < 4.78 is 5.29. The summed E-state index contributed by atoms with van der Waals surface area (Å²) in [7, 11) is 0. The Labute approximate surface area is 124 Å². The monoisotopic (exact) mass is 287 g/mol. The first-order valence-electron chi connectivity index (χ1n) is 7.52. The van der Waals surface area contributed by atoms with Gasteiger partial charge in [-0.05, 0) is 49.9 Å². The number of piperidine rings is 1. The maximum atomic E-state index is 11.8. The van der Waals surface area contributed by atoms with E-state index in [9.17, 15) is 9.90 Å². The Balaban J connectivity index is 2.02. The van der Waals surface area contributed by atoms with Crippen molar-refractivity contribution in [1.82, 2.24) is 4.90 Å². The van der Waals surface area contributed by atoms with Gasteiger partial charge in [-0.15, -0.1) is 0 Å². The number of phenolic OH excluding ortho intramolecular Hbond substituents is 1. The Morgan fingerprint density at radius 2 is 2.24 bits per heavy atom. The number of phenols is 1. The molecule has 0 saturated carbocycles. The van der Waals surface area contributed by atoms with Crippen molar-refractivity contribution in [3.63, 3.8) is 0 Å². The zero-order valence-electron chi connectivity index (χ0n) is 12.6. The van der Waals surface area contributed by atoms with Crippen LogP contribution in [0.25, 0.3) is 11.0 Å². The van der Waals surface area contributed by atoms with Gasteiger partial charge in [-0.1, -0.05) is 6.92 Å². The molecule has 4 heteroatoms. The molecule has 3 rings (SSSR count). The molecule has 1 atom stereocenters. The van der Waals surface area contributed by atoms with Gasteiger partial charge >= 0.3 is 5.63 Å². The van der Waals surface area contributed by atoms with E-state index in [0.717, 1.165) is 30.6 Å². The fraction of sp³-hybridized carbons (Fsp3) is 0.471. The molecule has 1 N–H and O–H groups in total. The Morgan fingerprint density at radius 1 is 1.43 bits per heavy atom. The van der Waals surface area contributed by atoms with Crippen molar-refractivity contribution in [3.8, 4) is 5.75 Å². The number of aromatic hydroxyl groups is 1. The third kappa shape index (κ3) is 2.81. The molecule has 0 spiro atoms. The zero-order chi connectivity index (χ0) is 15.0. The second-order valence-electron chi connectivity index (χ2n) is 6.16. The summed E-state index contributed by atoms with van der Waals surface area (Å²) in [5.74, 6) is 0.866. The van der Waals surface area contributed by atoms with Gasteiger partial charge in [-0.25, -0.2) is 4.79 Å². The summed E-state index contributed by atoms with van der Waals surface area (Å²) >= 11 is 0. The van der Waals surface area contributed by atoms with Crippen LogP contribution in [-0.4, -0.2) is 23.1 Å². The van der Waals surface area contributed by atoms with E-state index >= 15 is 0 Å². The number of likely N-dealkylation sites (tertiary alicyclic amines) is 1. The summed E-state index contributed by atoms with van der Waals surface area (Å²) in [4.78, 5) is 14.2. The summed E-state index contributed by atoms with van der Waals surface area (Å²) in [6.07, 6.45) is 2.49. The van der Waals surface area contributed by atoms with Crippen LogP contribution in [0.5, 0.6) is 5.75 Å². The van der Waals surface area contributed by atoms with Gasteiger partial charge in [0.2, 0.25) is 0 Å². The van der Waals surface area contributed by atoms with Crippen molar-refractivity contribution >= 4 is 11.0 Å². The van der Waals surface area contributed by atoms with Crippen molar-refractivity contribution in [3.05, 3.63) is 39.7 Å². The molecule has 1 aromatic heterocycles. The van der Waals surface area contributed by atoms with Gasteiger partial charge in [-0.3, -0.25) is 4.90 Å². The standard InChI is InChI=1S/C17H21NO3/c1-11-4-3-7-18(9-11)10-13-8-16(20)21-17-12(2)15(19)6-5-14(13)17/h5-6,8,11,19H,3-4,7,9-10H2,1-2H3/t11-/m0/s1. The van der Waals surface area contributed by atoms with E-state index in [1.54, 1.807) is 19.1 Å². The minimum atomic E-state index is -0.351. The molecule has 0 radical (unpaired) electrons. The van der Waals surface area contributed by atoms with E-state index in [-0.39, 0.29) is 11.4 Å². The molecule has 1 aliphatic heterocycles. The zero-order valence-corrected chi connectivity index (χ0v) is 12.6. The first-order valence-corrected chi connectivity index (χ1v) is 7.52. The largest absolute Gasteiger partial charge is 0.508 e. The first kappa shape index (κ1) is 14.1. The quantitative estimate of drug-likeness (QED) is 0.863. The molecule has 1 fully saturated rings. The van der Waals surface area contributed by atoms with E-state index in [1.165, 1.54) is 12.8 Å². The van der Waals surface area contributed by atoms with Crippen LogP contribution in [0.2, 0.25) is 0 Å². The number of aryl methyl sites for hydroxylation is 1. The highest BCUT2D eigenvalue weighted by molar-refractivity contribution is 5.84. The Kier molecular flexibility index (Phi) is 3.72. The fourth-order valence-corrected chi connectivity index (χ4v) is 3.22. The van der Waals surface area contributed by atoms with Gasteiger partial charge in [-0.2, -0.15) is 0 Å². The third-order valence-electron chi connectivity index (χ3n) is 4.35. The maximum absolute atomic E-state index is 11.8. The predicted octanol–water partition coefficient (Wildman–Crippen LogP) is 3.04. The Hall–Kier alpha value is -1.81. The van der Waals surface area contributed by atoms with Gasteiger partial charge < -0.3 is 9.52 Å². The lowest BCUT2D eigenvalue weighted by Gasteiger charge is -2.31. The summed E-state index contributed by atoms with van der Waals surface area (Å²) in [6, 6.07) is 5.08. The van der Waals surface area contributed by atoms with Crippen molar-refractivity contribution in [1.29, 1.82) is 0 Å². The molecular formula is C17H21NO3. The molecule has 1 aliphatic rings. The van der Waals surface area contributed by atoms with Gasteiger partial charge in [0.15, 0.2) is 0 Å². The molecule has 2 aromatic rings. The number of nitrogens with zero attached hydrogens (tertiary/aromatic N) is 1. The van der Waals surface area contributed by atoms with Crippen molar-refractivity contribution < 1.29 is 9.52 Å². The van der Waals surface area contributed by atoms with E-state index in [1.807, 2.05) is 6.07 Å². The molecule has 0 unspecified atom stereocenters. The normalized spacial score (nSPS) is 20.0. The van der Waals surface area contributed by atoms with E-state index in [2.05, 4.69) is 11.8 Å². The number of hydrogen-bond donors (Lipinski definition) is 1. The van der Waals surface area contributed by atoms with Crippen molar-refractivity contribution in [2.24, 2.45) is 5.92 Å². The van der Waals surface area contributed by atoms with Crippen LogP contribution >= 0.6 is 0 Å². The van der Waals surface area contributed by atoms with Crippen LogP contribution in [-0.2, 0) is 6.54 Å². The van der Waals surface area contributed by atoms with Gasteiger partial charge in [0, 0.05) is 30.1 Å². The van der Waals surface area contributed by atoms with E-state index < -0.39 is 0 Å². The molecular weight excluding hydrogens is 266 g/mol. The smallest absolute Gasteiger partial charge is 0.336 e. The van der Waals surface area contributed by atoms with Gasteiger partial charge in [0.1, 0.15) is 11.3 Å².